The van der Waals surface area contributed by atoms with Crippen LogP contribution in [0.3, 0.4) is 0 Å². The van der Waals surface area contributed by atoms with Crippen molar-refractivity contribution in [3.05, 3.63) is 66.2 Å². The number of anilines is 1. The van der Waals surface area contributed by atoms with Crippen molar-refractivity contribution in [1.29, 1.82) is 0 Å². The zero-order chi connectivity index (χ0) is 20.3. The standard InChI is InChI=1S/C21H21N3O4/c1-15(2)24-20(27)19(26)23(21(24)28)14-18(25)22(17-11-7-4-8-12-17)13-16-9-5-3-6-10-16/h3-12,15H,13-14H2,1-2H3. The van der Waals surface area contributed by atoms with E-state index in [1.165, 1.54) is 4.90 Å². The van der Waals surface area contributed by atoms with Crippen LogP contribution in [0.5, 0.6) is 0 Å². The highest BCUT2D eigenvalue weighted by atomic mass is 16.2. The first-order chi connectivity index (χ1) is 13.4. The second-order valence-corrected chi connectivity index (χ2v) is 6.74. The highest BCUT2D eigenvalue weighted by Gasteiger charge is 2.46. The monoisotopic (exact) mass is 379 g/mol. The molecule has 1 heterocycles. The van der Waals surface area contributed by atoms with Gasteiger partial charge in [0.25, 0.3) is 0 Å². The van der Waals surface area contributed by atoms with Crippen LogP contribution in [-0.4, -0.2) is 46.1 Å². The van der Waals surface area contributed by atoms with Gasteiger partial charge in [-0.2, -0.15) is 0 Å². The fourth-order valence-electron chi connectivity index (χ4n) is 3.04. The molecule has 1 fully saturated rings. The molecule has 0 aromatic heterocycles. The molecule has 1 aliphatic rings. The highest BCUT2D eigenvalue weighted by molar-refractivity contribution is 6.45. The largest absolute Gasteiger partial charge is 0.334 e. The van der Waals surface area contributed by atoms with Gasteiger partial charge in [-0.3, -0.25) is 19.3 Å². The van der Waals surface area contributed by atoms with Gasteiger partial charge in [0, 0.05) is 11.7 Å². The molecule has 28 heavy (non-hydrogen) atoms. The van der Waals surface area contributed by atoms with Gasteiger partial charge in [0.1, 0.15) is 6.54 Å². The molecule has 0 unspecified atom stereocenters. The van der Waals surface area contributed by atoms with Crippen LogP contribution in [0.25, 0.3) is 0 Å². The minimum Gasteiger partial charge on any atom is -0.306 e. The Kier molecular flexibility index (Phi) is 5.54. The number of hydrogen-bond donors (Lipinski definition) is 0. The maximum Gasteiger partial charge on any atom is 0.334 e. The van der Waals surface area contributed by atoms with Crippen molar-refractivity contribution in [2.24, 2.45) is 0 Å². The Balaban J connectivity index is 1.85. The molecule has 0 aliphatic carbocycles. The quantitative estimate of drug-likeness (QED) is 0.570. The average molecular weight is 379 g/mol. The van der Waals surface area contributed by atoms with E-state index in [4.69, 9.17) is 0 Å². The molecule has 0 spiro atoms. The summed E-state index contributed by atoms with van der Waals surface area (Å²) in [5, 5.41) is 0. The Hall–Kier alpha value is -3.48. The number of rotatable bonds is 6. The summed E-state index contributed by atoms with van der Waals surface area (Å²) >= 11 is 0. The lowest BCUT2D eigenvalue weighted by atomic mass is 10.2. The summed E-state index contributed by atoms with van der Waals surface area (Å²) in [4.78, 5) is 52.9. The van der Waals surface area contributed by atoms with Crippen molar-refractivity contribution in [2.75, 3.05) is 11.4 Å². The number of urea groups is 1. The second kappa shape index (κ2) is 8.04. The highest BCUT2D eigenvalue weighted by Crippen LogP contribution is 2.20. The summed E-state index contributed by atoms with van der Waals surface area (Å²) in [6.45, 7) is 3.07. The molecular weight excluding hydrogens is 358 g/mol. The van der Waals surface area contributed by atoms with Crippen LogP contribution in [-0.2, 0) is 20.9 Å². The summed E-state index contributed by atoms with van der Waals surface area (Å²) in [7, 11) is 0. The predicted molar refractivity (Wildman–Crippen MR) is 103 cm³/mol. The minimum absolute atomic E-state index is 0.280. The van der Waals surface area contributed by atoms with E-state index < -0.39 is 36.3 Å². The number of para-hydroxylation sites is 1. The maximum atomic E-state index is 13.0. The third-order valence-corrected chi connectivity index (χ3v) is 4.45. The van der Waals surface area contributed by atoms with Crippen LogP contribution >= 0.6 is 0 Å². The average Bonchev–Trinajstić information content (AvgIpc) is 2.90. The normalized spacial score (nSPS) is 14.2. The number of nitrogens with zero attached hydrogens (tertiary/aromatic N) is 3. The molecule has 1 saturated heterocycles. The molecule has 144 valence electrons. The van der Waals surface area contributed by atoms with Crippen LogP contribution in [0.4, 0.5) is 10.5 Å². The fraction of sp³-hybridized carbons (Fsp3) is 0.238. The molecule has 0 atom stereocenters. The summed E-state index contributed by atoms with van der Waals surface area (Å²) in [5.41, 5.74) is 1.54. The van der Waals surface area contributed by atoms with E-state index in [-0.39, 0.29) is 6.54 Å². The molecule has 7 heteroatoms. The van der Waals surface area contributed by atoms with Gasteiger partial charge in [0.05, 0.1) is 6.54 Å². The summed E-state index contributed by atoms with van der Waals surface area (Å²) in [6, 6.07) is 17.2. The van der Waals surface area contributed by atoms with Gasteiger partial charge in [-0.25, -0.2) is 9.69 Å². The number of hydrogen-bond acceptors (Lipinski definition) is 4. The molecule has 3 rings (SSSR count). The first-order valence-corrected chi connectivity index (χ1v) is 8.98. The van der Waals surface area contributed by atoms with Crippen LogP contribution < -0.4 is 4.90 Å². The molecule has 5 amide bonds. The Labute approximate surface area is 163 Å². The minimum atomic E-state index is -0.972. The molecule has 2 aromatic rings. The van der Waals surface area contributed by atoms with Gasteiger partial charge < -0.3 is 4.90 Å². The van der Waals surface area contributed by atoms with E-state index in [2.05, 4.69) is 0 Å². The van der Waals surface area contributed by atoms with Gasteiger partial charge in [0.2, 0.25) is 5.91 Å². The van der Waals surface area contributed by atoms with Crippen molar-refractivity contribution < 1.29 is 19.2 Å². The van der Waals surface area contributed by atoms with Crippen molar-refractivity contribution >= 4 is 29.4 Å². The first-order valence-electron chi connectivity index (χ1n) is 8.98. The molecule has 0 N–H and O–H groups in total. The molecule has 7 nitrogen and oxygen atoms in total. The number of benzene rings is 2. The van der Waals surface area contributed by atoms with Crippen molar-refractivity contribution in [2.45, 2.75) is 26.4 Å². The van der Waals surface area contributed by atoms with E-state index in [0.717, 1.165) is 10.5 Å². The smallest absolute Gasteiger partial charge is 0.306 e. The molecule has 1 aliphatic heterocycles. The first kappa shape index (κ1) is 19.3. The van der Waals surface area contributed by atoms with Gasteiger partial charge in [-0.15, -0.1) is 0 Å². The van der Waals surface area contributed by atoms with Crippen LogP contribution in [0, 0.1) is 0 Å². The van der Waals surface area contributed by atoms with Crippen LogP contribution in [0.2, 0.25) is 0 Å². The molecule has 2 aromatic carbocycles. The lowest BCUT2D eigenvalue weighted by Crippen LogP contribution is -2.44. The van der Waals surface area contributed by atoms with E-state index in [0.29, 0.717) is 10.6 Å². The second-order valence-electron chi connectivity index (χ2n) is 6.74. The predicted octanol–water partition coefficient (Wildman–Crippen LogP) is 2.42. The van der Waals surface area contributed by atoms with Crippen molar-refractivity contribution in [3.8, 4) is 0 Å². The zero-order valence-electron chi connectivity index (χ0n) is 15.7. The zero-order valence-corrected chi connectivity index (χ0v) is 15.7. The van der Waals surface area contributed by atoms with Gasteiger partial charge in [0.15, 0.2) is 0 Å². The third-order valence-electron chi connectivity index (χ3n) is 4.45. The topological polar surface area (TPSA) is 78.0 Å². The van der Waals surface area contributed by atoms with Crippen LogP contribution in [0.15, 0.2) is 60.7 Å². The summed E-state index contributed by atoms with van der Waals surface area (Å²) < 4.78 is 0. The van der Waals surface area contributed by atoms with E-state index in [1.807, 2.05) is 36.4 Å². The Bertz CT molecular complexity index is 896. The van der Waals surface area contributed by atoms with Gasteiger partial charge in [-0.05, 0) is 31.5 Å². The van der Waals surface area contributed by atoms with Crippen molar-refractivity contribution in [1.82, 2.24) is 9.80 Å². The Morgan fingerprint density at radius 2 is 1.46 bits per heavy atom. The van der Waals surface area contributed by atoms with E-state index in [9.17, 15) is 19.2 Å². The molecule has 0 saturated carbocycles. The lowest BCUT2D eigenvalue weighted by Gasteiger charge is -2.25. The van der Waals surface area contributed by atoms with Gasteiger partial charge >= 0.3 is 17.8 Å². The maximum absolute atomic E-state index is 13.0. The molecule has 0 radical (unpaired) electrons. The van der Waals surface area contributed by atoms with E-state index >= 15 is 0 Å². The summed E-state index contributed by atoms with van der Waals surface area (Å²) in [6.07, 6.45) is 0. The van der Waals surface area contributed by atoms with Crippen molar-refractivity contribution in [3.63, 3.8) is 0 Å². The number of imide groups is 2. The fourth-order valence-corrected chi connectivity index (χ4v) is 3.04. The van der Waals surface area contributed by atoms with Gasteiger partial charge in [-0.1, -0.05) is 48.5 Å². The van der Waals surface area contributed by atoms with Crippen LogP contribution in [0.1, 0.15) is 19.4 Å². The number of carbonyl (C=O) groups is 4. The Morgan fingerprint density at radius 1 is 0.893 bits per heavy atom. The number of amides is 5. The van der Waals surface area contributed by atoms with E-state index in [1.54, 1.807) is 38.1 Å². The Morgan fingerprint density at radius 3 is 2.00 bits per heavy atom. The SMILES string of the molecule is CC(C)N1C(=O)C(=O)N(CC(=O)N(Cc2ccccc2)c2ccccc2)C1=O. The number of carbonyl (C=O) groups excluding carboxylic acids is 4. The third kappa shape index (κ3) is 3.78. The molecule has 0 bridgehead atoms. The lowest BCUT2D eigenvalue weighted by molar-refractivity contribution is -0.144. The molecular formula is C21H21N3O4. The summed E-state index contributed by atoms with van der Waals surface area (Å²) in [5.74, 6) is -2.32.